The van der Waals surface area contributed by atoms with Crippen molar-refractivity contribution in [3.63, 3.8) is 0 Å². The van der Waals surface area contributed by atoms with Crippen LogP contribution in [-0.2, 0) is 6.42 Å². The number of hydrogen-bond acceptors (Lipinski definition) is 0. The fourth-order valence-corrected chi connectivity index (χ4v) is 5.64. The van der Waals surface area contributed by atoms with Crippen LogP contribution in [0.1, 0.15) is 108 Å². The molecule has 0 saturated carbocycles. The number of benzene rings is 2. The van der Waals surface area contributed by atoms with Crippen LogP contribution in [0, 0.1) is 17.6 Å². The third-order valence-electron chi connectivity index (χ3n) is 8.19. The summed E-state index contributed by atoms with van der Waals surface area (Å²) in [5.74, 6) is -2.76. The Labute approximate surface area is 245 Å². The Bertz CT molecular complexity index is 1220. The molecule has 1 aliphatic rings. The molecule has 41 heavy (non-hydrogen) atoms. The van der Waals surface area contributed by atoms with Crippen LogP contribution in [0.4, 0.5) is 17.6 Å². The molecule has 4 heteroatoms. The van der Waals surface area contributed by atoms with Gasteiger partial charge in [-0.05, 0) is 54.7 Å². The SMILES string of the molecule is C=C/C=C(\C(F)=C(\F)CC1=CCC(CCCCC)CC1)c1ccc(-c2ccc(CCCCCCC)c(F)c2F)cc1. The molecule has 0 heterocycles. The lowest BCUT2D eigenvalue weighted by Crippen LogP contribution is -2.06. The normalized spacial score (nSPS) is 16.4. The predicted octanol–water partition coefficient (Wildman–Crippen LogP) is 12.6. The lowest BCUT2D eigenvalue weighted by atomic mass is 9.85. The van der Waals surface area contributed by atoms with Gasteiger partial charge in [0.05, 0.1) is 0 Å². The Morgan fingerprint density at radius 2 is 1.59 bits per heavy atom. The summed E-state index contributed by atoms with van der Waals surface area (Å²) >= 11 is 0. The Morgan fingerprint density at radius 3 is 2.24 bits per heavy atom. The van der Waals surface area contributed by atoms with Crippen molar-refractivity contribution in [3.05, 3.63) is 101 Å². The Balaban J connectivity index is 1.70. The minimum Gasteiger partial charge on any atom is -0.208 e. The fraction of sp³-hybridized carbons (Fsp3) is 0.459. The average Bonchev–Trinajstić information content (AvgIpc) is 2.99. The van der Waals surface area contributed by atoms with Gasteiger partial charge >= 0.3 is 0 Å². The summed E-state index contributed by atoms with van der Waals surface area (Å²) in [6.45, 7) is 8.00. The summed E-state index contributed by atoms with van der Waals surface area (Å²) in [6.07, 6.45) is 18.3. The van der Waals surface area contributed by atoms with E-state index in [4.69, 9.17) is 0 Å². The van der Waals surface area contributed by atoms with E-state index < -0.39 is 23.3 Å². The molecule has 1 unspecified atom stereocenters. The van der Waals surface area contributed by atoms with Gasteiger partial charge in [0, 0.05) is 17.6 Å². The van der Waals surface area contributed by atoms with Crippen molar-refractivity contribution in [3.8, 4) is 11.1 Å². The highest BCUT2D eigenvalue weighted by atomic mass is 19.2. The Hall–Kier alpha value is -2.88. The standard InChI is InChI=1S/C37H46F4/c1-4-7-9-10-12-15-31-24-25-33(37(41)35(31)39)30-22-20-29(21-23-30)32(13-6-3)36(40)34(38)26-28-18-16-27(17-19-28)14-11-8-5-2/h6,13,18,20-25,27H,3-5,7-12,14-17,19,26H2,1-2H3/b32-13-,36-34-. The van der Waals surface area contributed by atoms with Gasteiger partial charge in [-0.25, -0.2) is 17.6 Å². The largest absolute Gasteiger partial charge is 0.208 e. The lowest BCUT2D eigenvalue weighted by Gasteiger charge is -2.21. The van der Waals surface area contributed by atoms with E-state index in [1.165, 1.54) is 37.8 Å². The van der Waals surface area contributed by atoms with Crippen LogP contribution in [-0.4, -0.2) is 0 Å². The van der Waals surface area contributed by atoms with Gasteiger partial charge in [0.15, 0.2) is 17.5 Å². The van der Waals surface area contributed by atoms with Crippen LogP contribution in [0.3, 0.4) is 0 Å². The van der Waals surface area contributed by atoms with Gasteiger partial charge in [-0.15, -0.1) is 0 Å². The molecular formula is C37H46F4. The molecule has 0 spiro atoms. The second-order valence-corrected chi connectivity index (χ2v) is 11.4. The maximum atomic E-state index is 15.4. The molecule has 1 aliphatic carbocycles. The average molecular weight is 567 g/mol. The molecule has 1 atom stereocenters. The van der Waals surface area contributed by atoms with E-state index in [1.54, 1.807) is 36.4 Å². The van der Waals surface area contributed by atoms with E-state index >= 15 is 8.78 Å². The van der Waals surface area contributed by atoms with E-state index in [2.05, 4.69) is 26.5 Å². The molecule has 0 aliphatic heterocycles. The van der Waals surface area contributed by atoms with Gasteiger partial charge < -0.3 is 0 Å². The van der Waals surface area contributed by atoms with Gasteiger partial charge in [-0.3, -0.25) is 0 Å². The monoisotopic (exact) mass is 566 g/mol. The molecule has 2 aromatic rings. The lowest BCUT2D eigenvalue weighted by molar-refractivity contribution is 0.411. The minimum absolute atomic E-state index is 0.0322. The first-order valence-electron chi connectivity index (χ1n) is 15.5. The van der Waals surface area contributed by atoms with E-state index in [-0.39, 0.29) is 17.6 Å². The maximum absolute atomic E-state index is 15.4. The van der Waals surface area contributed by atoms with Crippen molar-refractivity contribution in [1.82, 2.24) is 0 Å². The second-order valence-electron chi connectivity index (χ2n) is 11.4. The molecule has 0 nitrogen and oxygen atoms in total. The van der Waals surface area contributed by atoms with Crippen molar-refractivity contribution in [2.45, 2.75) is 104 Å². The quantitative estimate of drug-likeness (QED) is 0.0820. The van der Waals surface area contributed by atoms with Crippen molar-refractivity contribution in [1.29, 1.82) is 0 Å². The number of aryl methyl sites for hydroxylation is 1. The molecule has 0 N–H and O–H groups in total. The van der Waals surface area contributed by atoms with Crippen LogP contribution in [0.5, 0.6) is 0 Å². The summed E-state index contributed by atoms with van der Waals surface area (Å²) in [5.41, 5.74) is 2.49. The van der Waals surface area contributed by atoms with Gasteiger partial charge in [0.1, 0.15) is 5.83 Å². The molecular weight excluding hydrogens is 520 g/mol. The second kappa shape index (κ2) is 17.2. The smallest absolute Gasteiger partial charge is 0.166 e. The zero-order chi connectivity index (χ0) is 29.6. The number of hydrogen-bond donors (Lipinski definition) is 0. The van der Waals surface area contributed by atoms with E-state index in [0.29, 0.717) is 29.0 Å². The summed E-state index contributed by atoms with van der Waals surface area (Å²) in [5, 5.41) is 0. The third kappa shape index (κ3) is 9.58. The van der Waals surface area contributed by atoms with Gasteiger partial charge in [0.2, 0.25) is 0 Å². The highest BCUT2D eigenvalue weighted by molar-refractivity contribution is 5.80. The zero-order valence-corrected chi connectivity index (χ0v) is 24.9. The number of halogens is 4. The third-order valence-corrected chi connectivity index (χ3v) is 8.19. The first-order chi connectivity index (χ1) is 19.9. The minimum atomic E-state index is -0.913. The van der Waals surface area contributed by atoms with Crippen molar-refractivity contribution < 1.29 is 17.6 Å². The van der Waals surface area contributed by atoms with E-state index in [0.717, 1.165) is 56.9 Å². The molecule has 0 saturated heterocycles. The molecule has 0 aromatic heterocycles. The van der Waals surface area contributed by atoms with E-state index in [9.17, 15) is 8.78 Å². The van der Waals surface area contributed by atoms with Gasteiger partial charge in [-0.2, -0.15) is 0 Å². The molecule has 0 amide bonds. The number of allylic oxidation sites excluding steroid dienone is 7. The Kier molecular flexibility index (Phi) is 13.7. The predicted molar refractivity (Wildman–Crippen MR) is 166 cm³/mol. The van der Waals surface area contributed by atoms with Crippen LogP contribution < -0.4 is 0 Å². The maximum Gasteiger partial charge on any atom is 0.166 e. The Morgan fingerprint density at radius 1 is 0.878 bits per heavy atom. The molecule has 0 bridgehead atoms. The number of unbranched alkanes of at least 4 members (excludes halogenated alkanes) is 6. The van der Waals surface area contributed by atoms with E-state index in [1.807, 2.05) is 0 Å². The van der Waals surface area contributed by atoms with Crippen molar-refractivity contribution in [2.24, 2.45) is 5.92 Å². The van der Waals surface area contributed by atoms with Gasteiger partial charge in [-0.1, -0.05) is 132 Å². The summed E-state index contributed by atoms with van der Waals surface area (Å²) in [7, 11) is 0. The summed E-state index contributed by atoms with van der Waals surface area (Å²) < 4.78 is 60.3. The molecule has 0 radical (unpaired) electrons. The number of rotatable bonds is 16. The van der Waals surface area contributed by atoms with Gasteiger partial charge in [0.25, 0.3) is 0 Å². The molecule has 0 fully saturated rings. The zero-order valence-electron chi connectivity index (χ0n) is 24.9. The first-order valence-corrected chi connectivity index (χ1v) is 15.5. The molecule has 2 aromatic carbocycles. The van der Waals surface area contributed by atoms with Crippen LogP contribution in [0.25, 0.3) is 16.7 Å². The van der Waals surface area contributed by atoms with Crippen molar-refractivity contribution in [2.75, 3.05) is 0 Å². The highest BCUT2D eigenvalue weighted by Crippen LogP contribution is 2.36. The fourth-order valence-electron chi connectivity index (χ4n) is 5.64. The van der Waals surface area contributed by atoms with Crippen molar-refractivity contribution >= 4 is 5.57 Å². The summed E-state index contributed by atoms with van der Waals surface area (Å²) in [4.78, 5) is 0. The first kappa shape index (κ1) is 32.6. The molecule has 3 rings (SSSR count). The van der Waals surface area contributed by atoms with Crippen LogP contribution in [0.15, 0.2) is 78.4 Å². The van der Waals surface area contributed by atoms with Crippen LogP contribution in [0.2, 0.25) is 0 Å². The summed E-state index contributed by atoms with van der Waals surface area (Å²) in [6, 6.07) is 9.69. The highest BCUT2D eigenvalue weighted by Gasteiger charge is 2.20. The van der Waals surface area contributed by atoms with Crippen LogP contribution >= 0.6 is 0 Å². The molecule has 222 valence electrons. The topological polar surface area (TPSA) is 0 Å².